The van der Waals surface area contributed by atoms with Gasteiger partial charge >= 0.3 is 0 Å². The number of amides is 2. The number of rotatable bonds is 5. The standard InChI is InChI=1S/C22H23N3O4/c1-14-5-6-17-18(11-14)29-20(21(23)26)19(17)24-22(27)16-4-2-3-15(12-16)13-25-7-9-28-10-8-25/h2-6,11-12H,7-10,13H2,1H3,(H2,23,26)(H,24,27). The predicted octanol–water partition coefficient (Wildman–Crippen LogP) is 2.92. The molecule has 7 nitrogen and oxygen atoms in total. The molecule has 1 aliphatic rings. The van der Waals surface area contributed by atoms with Crippen molar-refractivity contribution in [2.75, 3.05) is 31.6 Å². The number of benzene rings is 2. The van der Waals surface area contributed by atoms with Crippen molar-refractivity contribution >= 4 is 28.5 Å². The zero-order chi connectivity index (χ0) is 20.4. The molecule has 150 valence electrons. The molecule has 2 amide bonds. The highest BCUT2D eigenvalue weighted by Crippen LogP contribution is 2.31. The van der Waals surface area contributed by atoms with E-state index in [4.69, 9.17) is 14.9 Å². The third-order valence-corrected chi connectivity index (χ3v) is 5.01. The summed E-state index contributed by atoms with van der Waals surface area (Å²) >= 11 is 0. The SMILES string of the molecule is Cc1ccc2c(NC(=O)c3cccc(CN4CCOCC4)c3)c(C(N)=O)oc2c1. The molecule has 4 rings (SSSR count). The number of nitrogens with two attached hydrogens (primary N) is 1. The second-order valence-corrected chi connectivity index (χ2v) is 7.21. The van der Waals surface area contributed by atoms with Crippen molar-refractivity contribution in [2.24, 2.45) is 5.73 Å². The number of furan rings is 1. The Hall–Kier alpha value is -3.16. The summed E-state index contributed by atoms with van der Waals surface area (Å²) in [4.78, 5) is 27.0. The Morgan fingerprint density at radius 3 is 2.69 bits per heavy atom. The lowest BCUT2D eigenvalue weighted by molar-refractivity contribution is 0.0342. The molecule has 2 aromatic carbocycles. The van der Waals surface area contributed by atoms with Crippen molar-refractivity contribution < 1.29 is 18.7 Å². The number of fused-ring (bicyclic) bond motifs is 1. The monoisotopic (exact) mass is 393 g/mol. The lowest BCUT2D eigenvalue weighted by atomic mass is 10.1. The molecular formula is C22H23N3O4. The number of nitrogens with zero attached hydrogens (tertiary/aromatic N) is 1. The highest BCUT2D eigenvalue weighted by Gasteiger charge is 2.21. The topological polar surface area (TPSA) is 97.8 Å². The quantitative estimate of drug-likeness (QED) is 0.695. The van der Waals surface area contributed by atoms with Crippen molar-refractivity contribution in [3.8, 4) is 0 Å². The Balaban J connectivity index is 1.59. The average molecular weight is 393 g/mol. The van der Waals surface area contributed by atoms with E-state index < -0.39 is 5.91 Å². The van der Waals surface area contributed by atoms with E-state index in [2.05, 4.69) is 10.2 Å². The summed E-state index contributed by atoms with van der Waals surface area (Å²) in [5.74, 6) is -1.10. The van der Waals surface area contributed by atoms with E-state index in [9.17, 15) is 9.59 Å². The Labute approximate surface area is 168 Å². The maximum absolute atomic E-state index is 12.9. The van der Waals surface area contributed by atoms with E-state index in [1.54, 1.807) is 12.1 Å². The molecule has 3 N–H and O–H groups in total. The zero-order valence-corrected chi connectivity index (χ0v) is 16.2. The summed E-state index contributed by atoms with van der Waals surface area (Å²) in [6.07, 6.45) is 0. The molecular weight excluding hydrogens is 370 g/mol. The van der Waals surface area contributed by atoms with E-state index >= 15 is 0 Å². The summed E-state index contributed by atoms with van der Waals surface area (Å²) in [5, 5.41) is 3.46. The number of carbonyl (C=O) groups excluding carboxylic acids is 2. The number of ether oxygens (including phenoxy) is 1. The zero-order valence-electron chi connectivity index (χ0n) is 16.2. The molecule has 1 fully saturated rings. The molecule has 2 heterocycles. The van der Waals surface area contributed by atoms with Gasteiger partial charge in [-0.25, -0.2) is 0 Å². The third kappa shape index (κ3) is 4.16. The Morgan fingerprint density at radius 1 is 1.14 bits per heavy atom. The van der Waals surface area contributed by atoms with Crippen molar-refractivity contribution in [2.45, 2.75) is 13.5 Å². The third-order valence-electron chi connectivity index (χ3n) is 5.01. The summed E-state index contributed by atoms with van der Waals surface area (Å²) in [6.45, 7) is 5.87. The van der Waals surface area contributed by atoms with Crippen LogP contribution in [0.4, 0.5) is 5.69 Å². The van der Waals surface area contributed by atoms with Crippen LogP contribution in [0.1, 0.15) is 32.0 Å². The number of primary amides is 1. The van der Waals surface area contributed by atoms with E-state index in [1.807, 2.05) is 37.3 Å². The van der Waals surface area contributed by atoms with E-state index in [-0.39, 0.29) is 11.7 Å². The maximum Gasteiger partial charge on any atom is 0.286 e. The number of carbonyl (C=O) groups is 2. The minimum absolute atomic E-state index is 0.0524. The minimum atomic E-state index is -0.727. The highest BCUT2D eigenvalue weighted by atomic mass is 16.5. The van der Waals surface area contributed by atoms with Crippen LogP contribution < -0.4 is 11.1 Å². The van der Waals surface area contributed by atoms with Gasteiger partial charge in [0.1, 0.15) is 11.3 Å². The molecule has 29 heavy (non-hydrogen) atoms. The first kappa shape index (κ1) is 19.2. The van der Waals surface area contributed by atoms with Gasteiger partial charge in [-0.05, 0) is 42.3 Å². The highest BCUT2D eigenvalue weighted by molar-refractivity contribution is 6.14. The van der Waals surface area contributed by atoms with Gasteiger partial charge in [0, 0.05) is 30.6 Å². The molecule has 1 aliphatic heterocycles. The molecule has 0 aliphatic carbocycles. The second kappa shape index (κ2) is 8.06. The number of hydrogen-bond acceptors (Lipinski definition) is 5. The van der Waals surface area contributed by atoms with Gasteiger partial charge in [-0.2, -0.15) is 0 Å². The van der Waals surface area contributed by atoms with Gasteiger partial charge < -0.3 is 20.2 Å². The maximum atomic E-state index is 12.9. The lowest BCUT2D eigenvalue weighted by Crippen LogP contribution is -2.35. The smallest absolute Gasteiger partial charge is 0.286 e. The van der Waals surface area contributed by atoms with Crippen LogP contribution in [0, 0.1) is 6.92 Å². The van der Waals surface area contributed by atoms with Crippen LogP contribution in [0.2, 0.25) is 0 Å². The van der Waals surface area contributed by atoms with Crippen molar-refractivity contribution in [1.29, 1.82) is 0 Å². The summed E-state index contributed by atoms with van der Waals surface area (Å²) in [6, 6.07) is 13.0. The summed E-state index contributed by atoms with van der Waals surface area (Å²) in [7, 11) is 0. The molecule has 0 radical (unpaired) electrons. The van der Waals surface area contributed by atoms with Crippen LogP contribution >= 0.6 is 0 Å². The van der Waals surface area contributed by atoms with Gasteiger partial charge in [-0.15, -0.1) is 0 Å². The van der Waals surface area contributed by atoms with Crippen molar-refractivity contribution in [3.63, 3.8) is 0 Å². The van der Waals surface area contributed by atoms with Gasteiger partial charge in [0.05, 0.1) is 13.2 Å². The fourth-order valence-corrected chi connectivity index (χ4v) is 3.52. The largest absolute Gasteiger partial charge is 0.449 e. The lowest BCUT2D eigenvalue weighted by Gasteiger charge is -2.26. The first-order valence-electron chi connectivity index (χ1n) is 9.54. The first-order chi connectivity index (χ1) is 14.0. The summed E-state index contributed by atoms with van der Waals surface area (Å²) in [5.41, 5.74) is 8.80. The Bertz CT molecular complexity index is 1070. The number of aryl methyl sites for hydroxylation is 1. The molecule has 1 aromatic heterocycles. The summed E-state index contributed by atoms with van der Waals surface area (Å²) < 4.78 is 11.0. The molecule has 3 aromatic rings. The fourth-order valence-electron chi connectivity index (χ4n) is 3.52. The molecule has 1 saturated heterocycles. The molecule has 0 unspecified atom stereocenters. The number of hydrogen-bond donors (Lipinski definition) is 2. The fraction of sp³-hybridized carbons (Fsp3) is 0.273. The molecule has 0 spiro atoms. The first-order valence-corrected chi connectivity index (χ1v) is 9.54. The van der Waals surface area contributed by atoms with Gasteiger partial charge in [0.15, 0.2) is 0 Å². The minimum Gasteiger partial charge on any atom is -0.449 e. The van der Waals surface area contributed by atoms with Crippen LogP contribution in [0.25, 0.3) is 11.0 Å². The van der Waals surface area contributed by atoms with Crippen LogP contribution in [-0.4, -0.2) is 43.0 Å². The number of nitrogens with one attached hydrogen (secondary N) is 1. The normalized spacial score (nSPS) is 14.8. The van der Waals surface area contributed by atoms with Gasteiger partial charge in [0.2, 0.25) is 5.76 Å². The number of anilines is 1. The van der Waals surface area contributed by atoms with Gasteiger partial charge in [-0.3, -0.25) is 14.5 Å². The van der Waals surface area contributed by atoms with Gasteiger partial charge in [-0.1, -0.05) is 18.2 Å². The molecule has 0 bridgehead atoms. The predicted molar refractivity (Wildman–Crippen MR) is 110 cm³/mol. The average Bonchev–Trinajstić information content (AvgIpc) is 3.06. The van der Waals surface area contributed by atoms with Crippen LogP contribution in [0.15, 0.2) is 46.9 Å². The molecule has 0 atom stereocenters. The molecule has 7 heteroatoms. The van der Waals surface area contributed by atoms with Crippen molar-refractivity contribution in [1.82, 2.24) is 4.90 Å². The Kier molecular flexibility index (Phi) is 5.33. The van der Waals surface area contributed by atoms with Gasteiger partial charge in [0.25, 0.3) is 11.8 Å². The molecule has 0 saturated carbocycles. The Morgan fingerprint density at radius 2 is 1.93 bits per heavy atom. The van der Waals surface area contributed by atoms with E-state index in [0.29, 0.717) is 22.2 Å². The van der Waals surface area contributed by atoms with Crippen LogP contribution in [0.3, 0.4) is 0 Å². The van der Waals surface area contributed by atoms with E-state index in [1.165, 1.54) is 0 Å². The van der Waals surface area contributed by atoms with E-state index in [0.717, 1.165) is 44.0 Å². The van der Waals surface area contributed by atoms with Crippen LogP contribution in [0.5, 0.6) is 0 Å². The van der Waals surface area contributed by atoms with Crippen molar-refractivity contribution in [3.05, 3.63) is 64.9 Å². The second-order valence-electron chi connectivity index (χ2n) is 7.21. The van der Waals surface area contributed by atoms with Crippen LogP contribution in [-0.2, 0) is 11.3 Å². The number of morpholine rings is 1.